The maximum absolute atomic E-state index is 12.3. The van der Waals surface area contributed by atoms with Gasteiger partial charge in [-0.15, -0.1) is 0 Å². The number of carbonyl (C=O) groups is 1. The number of rotatable bonds is 6. The van der Waals surface area contributed by atoms with Crippen LogP contribution >= 0.6 is 0 Å². The Morgan fingerprint density at radius 3 is 2.18 bits per heavy atom. The Kier molecular flexibility index (Phi) is 5.70. The number of carbonyl (C=O) groups excluding carboxylic acids is 1. The van der Waals surface area contributed by atoms with E-state index in [1.807, 2.05) is 54.2 Å². The standard InChI is InChI=1S/C19H24N2O/c1-4-16(5-2)17-11-13-21(14-12-17)15(3)19(22)20-18-9-7-6-8-10-18/h6-16H,4-5H2,1-3H3/p+1/t15-/m0/s1. The van der Waals surface area contributed by atoms with E-state index in [0.29, 0.717) is 5.92 Å². The summed E-state index contributed by atoms with van der Waals surface area (Å²) in [6.07, 6.45) is 6.29. The third-order valence-corrected chi connectivity index (χ3v) is 4.20. The summed E-state index contributed by atoms with van der Waals surface area (Å²) in [4.78, 5) is 12.3. The average Bonchev–Trinajstić information content (AvgIpc) is 2.57. The van der Waals surface area contributed by atoms with Crippen molar-refractivity contribution in [2.75, 3.05) is 5.32 Å². The summed E-state index contributed by atoms with van der Waals surface area (Å²) in [6.45, 7) is 6.34. The lowest BCUT2D eigenvalue weighted by molar-refractivity contribution is -0.705. The number of hydrogen-bond donors (Lipinski definition) is 1. The molecule has 0 unspecified atom stereocenters. The highest BCUT2D eigenvalue weighted by atomic mass is 16.2. The summed E-state index contributed by atoms with van der Waals surface area (Å²) in [7, 11) is 0. The van der Waals surface area contributed by atoms with Crippen LogP contribution in [0.1, 0.15) is 51.1 Å². The van der Waals surface area contributed by atoms with Crippen LogP contribution in [-0.4, -0.2) is 5.91 Å². The smallest absolute Gasteiger partial charge is 0.293 e. The molecular weight excluding hydrogens is 272 g/mol. The summed E-state index contributed by atoms with van der Waals surface area (Å²) in [5.41, 5.74) is 2.17. The summed E-state index contributed by atoms with van der Waals surface area (Å²) < 4.78 is 1.95. The first-order valence-corrected chi connectivity index (χ1v) is 8.02. The van der Waals surface area contributed by atoms with Crippen molar-refractivity contribution in [1.82, 2.24) is 0 Å². The molecule has 0 aliphatic carbocycles. The zero-order chi connectivity index (χ0) is 15.9. The summed E-state index contributed by atoms with van der Waals surface area (Å²) in [5, 5.41) is 2.94. The van der Waals surface area contributed by atoms with E-state index in [-0.39, 0.29) is 11.9 Å². The molecule has 1 atom stereocenters. The van der Waals surface area contributed by atoms with Crippen LogP contribution in [0.5, 0.6) is 0 Å². The molecule has 3 heteroatoms. The Morgan fingerprint density at radius 2 is 1.64 bits per heavy atom. The zero-order valence-corrected chi connectivity index (χ0v) is 13.6. The van der Waals surface area contributed by atoms with Crippen molar-refractivity contribution < 1.29 is 9.36 Å². The first kappa shape index (κ1) is 16.2. The predicted molar refractivity (Wildman–Crippen MR) is 89.7 cm³/mol. The Bertz CT molecular complexity index is 589. The number of aromatic nitrogens is 1. The largest absolute Gasteiger partial charge is 0.320 e. The molecule has 0 fully saturated rings. The van der Waals surface area contributed by atoms with E-state index in [2.05, 4.69) is 31.3 Å². The van der Waals surface area contributed by atoms with E-state index < -0.39 is 0 Å². The fourth-order valence-corrected chi connectivity index (χ4v) is 2.64. The zero-order valence-electron chi connectivity index (χ0n) is 13.6. The summed E-state index contributed by atoms with van der Waals surface area (Å²) >= 11 is 0. The molecule has 116 valence electrons. The second kappa shape index (κ2) is 7.74. The average molecular weight is 297 g/mol. The molecule has 0 spiro atoms. The van der Waals surface area contributed by atoms with E-state index in [4.69, 9.17) is 0 Å². The molecule has 1 N–H and O–H groups in total. The fourth-order valence-electron chi connectivity index (χ4n) is 2.64. The predicted octanol–water partition coefficient (Wildman–Crippen LogP) is 4.08. The Balaban J connectivity index is 2.06. The second-order valence-electron chi connectivity index (χ2n) is 5.62. The van der Waals surface area contributed by atoms with Gasteiger partial charge in [-0.25, -0.2) is 0 Å². The molecule has 1 heterocycles. The highest BCUT2D eigenvalue weighted by molar-refractivity contribution is 5.92. The molecule has 1 aromatic heterocycles. The molecule has 0 aliphatic heterocycles. The van der Waals surface area contributed by atoms with Crippen LogP contribution in [0.4, 0.5) is 5.69 Å². The highest BCUT2D eigenvalue weighted by Gasteiger charge is 2.22. The Labute approximate surface area is 133 Å². The van der Waals surface area contributed by atoms with E-state index in [1.54, 1.807) is 0 Å². The van der Waals surface area contributed by atoms with Gasteiger partial charge < -0.3 is 5.32 Å². The maximum Gasteiger partial charge on any atom is 0.293 e. The number of pyridine rings is 1. The third kappa shape index (κ3) is 3.94. The van der Waals surface area contributed by atoms with Crippen LogP contribution in [0.15, 0.2) is 54.9 Å². The van der Waals surface area contributed by atoms with E-state index in [0.717, 1.165) is 18.5 Å². The van der Waals surface area contributed by atoms with E-state index >= 15 is 0 Å². The first-order chi connectivity index (χ1) is 10.7. The number of para-hydroxylation sites is 1. The molecular formula is C19H25N2O+. The van der Waals surface area contributed by atoms with Gasteiger partial charge in [0.15, 0.2) is 12.4 Å². The Morgan fingerprint density at radius 1 is 1.05 bits per heavy atom. The van der Waals surface area contributed by atoms with Crippen LogP contribution in [0.25, 0.3) is 0 Å². The van der Waals surface area contributed by atoms with Gasteiger partial charge in [0.25, 0.3) is 5.91 Å². The molecule has 0 bridgehead atoms. The lowest BCUT2D eigenvalue weighted by Gasteiger charge is -2.13. The lowest BCUT2D eigenvalue weighted by Crippen LogP contribution is -2.44. The normalized spacial score (nSPS) is 12.2. The molecule has 0 saturated carbocycles. The molecule has 0 radical (unpaired) electrons. The second-order valence-corrected chi connectivity index (χ2v) is 5.62. The molecule has 1 aromatic carbocycles. The van der Waals surface area contributed by atoms with Crippen LogP contribution < -0.4 is 9.88 Å². The molecule has 2 rings (SSSR count). The first-order valence-electron chi connectivity index (χ1n) is 8.02. The van der Waals surface area contributed by atoms with Crippen molar-refractivity contribution in [3.05, 3.63) is 60.4 Å². The van der Waals surface area contributed by atoms with Crippen LogP contribution in [0.2, 0.25) is 0 Å². The van der Waals surface area contributed by atoms with Gasteiger partial charge in [0.05, 0.1) is 0 Å². The van der Waals surface area contributed by atoms with Gasteiger partial charge in [0, 0.05) is 24.7 Å². The minimum absolute atomic E-state index is 0.00789. The van der Waals surface area contributed by atoms with Gasteiger partial charge in [-0.2, -0.15) is 4.57 Å². The van der Waals surface area contributed by atoms with Gasteiger partial charge in [0.2, 0.25) is 6.04 Å². The van der Waals surface area contributed by atoms with Gasteiger partial charge in [-0.3, -0.25) is 4.79 Å². The molecule has 0 aliphatic rings. The molecule has 22 heavy (non-hydrogen) atoms. The maximum atomic E-state index is 12.3. The lowest BCUT2D eigenvalue weighted by atomic mass is 9.95. The van der Waals surface area contributed by atoms with E-state index in [1.165, 1.54) is 5.56 Å². The fraction of sp³-hybridized carbons (Fsp3) is 0.368. The number of benzene rings is 1. The Hall–Kier alpha value is -2.16. The van der Waals surface area contributed by atoms with Crippen LogP contribution in [0.3, 0.4) is 0 Å². The number of anilines is 1. The number of amides is 1. The van der Waals surface area contributed by atoms with Gasteiger partial charge in [-0.05, 0) is 36.5 Å². The quantitative estimate of drug-likeness (QED) is 0.801. The number of hydrogen-bond acceptors (Lipinski definition) is 1. The van der Waals surface area contributed by atoms with E-state index in [9.17, 15) is 4.79 Å². The molecule has 3 nitrogen and oxygen atoms in total. The van der Waals surface area contributed by atoms with Gasteiger partial charge >= 0.3 is 0 Å². The van der Waals surface area contributed by atoms with Crippen molar-refractivity contribution >= 4 is 11.6 Å². The monoisotopic (exact) mass is 297 g/mol. The third-order valence-electron chi connectivity index (χ3n) is 4.20. The molecule has 2 aromatic rings. The van der Waals surface area contributed by atoms with Crippen molar-refractivity contribution in [1.29, 1.82) is 0 Å². The van der Waals surface area contributed by atoms with Gasteiger partial charge in [-0.1, -0.05) is 32.0 Å². The summed E-state index contributed by atoms with van der Waals surface area (Å²) in [5.74, 6) is 0.592. The van der Waals surface area contributed by atoms with Crippen LogP contribution in [-0.2, 0) is 4.79 Å². The number of nitrogens with one attached hydrogen (secondary N) is 1. The van der Waals surface area contributed by atoms with Crippen molar-refractivity contribution in [2.24, 2.45) is 0 Å². The topological polar surface area (TPSA) is 33.0 Å². The SMILES string of the molecule is CCC(CC)c1cc[n+]([C@@H](C)C(=O)Nc2ccccc2)cc1. The number of nitrogens with zero attached hydrogens (tertiary/aromatic N) is 1. The van der Waals surface area contributed by atoms with Crippen LogP contribution in [0, 0.1) is 0 Å². The van der Waals surface area contributed by atoms with Crippen molar-refractivity contribution in [3.63, 3.8) is 0 Å². The summed E-state index contributed by atoms with van der Waals surface area (Å²) in [6, 6.07) is 13.6. The molecule has 1 amide bonds. The van der Waals surface area contributed by atoms with Crippen molar-refractivity contribution in [2.45, 2.75) is 45.6 Å². The highest BCUT2D eigenvalue weighted by Crippen LogP contribution is 2.21. The molecule has 0 saturated heterocycles. The van der Waals surface area contributed by atoms with Crippen molar-refractivity contribution in [3.8, 4) is 0 Å². The minimum atomic E-state index is -0.240. The van der Waals surface area contributed by atoms with Gasteiger partial charge in [0.1, 0.15) is 0 Å². The minimum Gasteiger partial charge on any atom is -0.320 e.